The van der Waals surface area contributed by atoms with Crippen LogP contribution in [0.15, 0.2) is 46.9 Å². The second-order valence-corrected chi connectivity index (χ2v) is 5.47. The van der Waals surface area contributed by atoms with E-state index in [-0.39, 0.29) is 13.2 Å². The van der Waals surface area contributed by atoms with Crippen LogP contribution in [-0.4, -0.2) is 26.8 Å². The smallest absolute Gasteiger partial charge is 0.344 e. The van der Waals surface area contributed by atoms with Gasteiger partial charge in [-0.2, -0.15) is 0 Å². The van der Waals surface area contributed by atoms with Crippen LogP contribution < -0.4 is 14.2 Å². The highest BCUT2D eigenvalue weighted by Gasteiger charge is 2.12. The highest BCUT2D eigenvalue weighted by atomic mass is 79.9. The molecule has 2 aromatic rings. The zero-order valence-electron chi connectivity index (χ0n) is 12.9. The quantitative estimate of drug-likeness (QED) is 0.687. The lowest BCUT2D eigenvalue weighted by atomic mass is 10.2. The third kappa shape index (κ3) is 4.89. The Morgan fingerprint density at radius 3 is 2.43 bits per heavy atom. The van der Waals surface area contributed by atoms with E-state index < -0.39 is 5.97 Å². The molecule has 0 fully saturated rings. The molecule has 0 atom stereocenters. The van der Waals surface area contributed by atoms with E-state index in [9.17, 15) is 4.79 Å². The maximum absolute atomic E-state index is 11.8. The largest absolute Gasteiger partial charge is 0.493 e. The van der Waals surface area contributed by atoms with Gasteiger partial charge in [-0.1, -0.05) is 28.1 Å². The lowest BCUT2D eigenvalue weighted by Gasteiger charge is -2.13. The van der Waals surface area contributed by atoms with E-state index >= 15 is 0 Å². The van der Waals surface area contributed by atoms with Gasteiger partial charge in [0.05, 0.1) is 14.2 Å². The third-order valence-corrected chi connectivity index (χ3v) is 3.57. The van der Waals surface area contributed by atoms with Crippen molar-refractivity contribution in [3.8, 4) is 17.2 Å². The van der Waals surface area contributed by atoms with E-state index in [4.69, 9.17) is 18.9 Å². The van der Waals surface area contributed by atoms with Crippen LogP contribution in [0.1, 0.15) is 5.56 Å². The number of carbonyl (C=O) groups excluding carboxylic acids is 1. The fourth-order valence-corrected chi connectivity index (χ4v) is 2.20. The number of halogens is 1. The van der Waals surface area contributed by atoms with E-state index in [0.717, 1.165) is 10.0 Å². The van der Waals surface area contributed by atoms with Gasteiger partial charge in [0.15, 0.2) is 18.1 Å². The summed E-state index contributed by atoms with van der Waals surface area (Å²) in [6.45, 7) is -0.0726. The maximum atomic E-state index is 11.8. The molecule has 0 saturated heterocycles. The highest BCUT2D eigenvalue weighted by molar-refractivity contribution is 9.10. The van der Waals surface area contributed by atoms with Crippen molar-refractivity contribution in [2.45, 2.75) is 6.61 Å². The summed E-state index contributed by atoms with van der Waals surface area (Å²) >= 11 is 3.33. The van der Waals surface area contributed by atoms with Crippen LogP contribution in [0.25, 0.3) is 0 Å². The summed E-state index contributed by atoms with van der Waals surface area (Å²) in [5, 5.41) is 0. The minimum absolute atomic E-state index is 0.0862. The van der Waals surface area contributed by atoms with Crippen LogP contribution in [-0.2, 0) is 16.1 Å². The minimum Gasteiger partial charge on any atom is -0.493 e. The number of ether oxygens (including phenoxy) is 4. The van der Waals surface area contributed by atoms with E-state index in [1.807, 2.05) is 24.3 Å². The van der Waals surface area contributed by atoms with Crippen LogP contribution in [0.5, 0.6) is 17.2 Å². The van der Waals surface area contributed by atoms with Crippen molar-refractivity contribution in [2.75, 3.05) is 20.8 Å². The normalized spacial score (nSPS) is 10.0. The first-order valence-corrected chi connectivity index (χ1v) is 7.67. The standard InChI is InChI=1S/C17H17BrO5/c1-20-15-5-3-4-12(17(15)21-2)10-23-16(19)11-22-14-8-6-13(18)7-9-14/h3-9H,10-11H2,1-2H3. The molecule has 0 bridgehead atoms. The van der Waals surface area contributed by atoms with Gasteiger partial charge in [0, 0.05) is 10.0 Å². The predicted octanol–water partition coefficient (Wildman–Crippen LogP) is 3.59. The van der Waals surface area contributed by atoms with Crippen molar-refractivity contribution < 1.29 is 23.7 Å². The van der Waals surface area contributed by atoms with Gasteiger partial charge in [-0.3, -0.25) is 0 Å². The molecule has 0 amide bonds. The van der Waals surface area contributed by atoms with Gasteiger partial charge in [0.2, 0.25) is 0 Å². The molecule has 23 heavy (non-hydrogen) atoms. The van der Waals surface area contributed by atoms with Crippen molar-refractivity contribution in [1.82, 2.24) is 0 Å². The number of para-hydroxylation sites is 1. The summed E-state index contributed by atoms with van der Waals surface area (Å²) in [4.78, 5) is 11.8. The van der Waals surface area contributed by atoms with E-state index in [1.165, 1.54) is 0 Å². The Labute approximate surface area is 143 Å². The summed E-state index contributed by atoms with van der Waals surface area (Å²) < 4.78 is 22.0. The maximum Gasteiger partial charge on any atom is 0.344 e. The van der Waals surface area contributed by atoms with E-state index in [0.29, 0.717) is 17.2 Å². The first kappa shape index (κ1) is 17.1. The third-order valence-electron chi connectivity index (χ3n) is 3.04. The Kier molecular flexibility index (Phi) is 6.29. The molecule has 2 rings (SSSR count). The molecule has 0 aliphatic carbocycles. The van der Waals surface area contributed by atoms with Crippen molar-refractivity contribution >= 4 is 21.9 Å². The molecule has 0 unspecified atom stereocenters. The first-order valence-electron chi connectivity index (χ1n) is 6.88. The van der Waals surface area contributed by atoms with Crippen LogP contribution in [0.2, 0.25) is 0 Å². The summed E-state index contributed by atoms with van der Waals surface area (Å²) in [5.41, 5.74) is 0.726. The van der Waals surface area contributed by atoms with Gasteiger partial charge >= 0.3 is 5.97 Å². The van der Waals surface area contributed by atoms with Crippen LogP contribution >= 0.6 is 15.9 Å². The van der Waals surface area contributed by atoms with Gasteiger partial charge in [-0.05, 0) is 30.3 Å². The summed E-state index contributed by atoms with van der Waals surface area (Å²) in [5.74, 6) is 1.28. The second kappa shape index (κ2) is 8.43. The topological polar surface area (TPSA) is 54.0 Å². The number of hydrogen-bond acceptors (Lipinski definition) is 5. The Balaban J connectivity index is 1.88. The van der Waals surface area contributed by atoms with Crippen molar-refractivity contribution in [2.24, 2.45) is 0 Å². The van der Waals surface area contributed by atoms with Crippen molar-refractivity contribution in [3.05, 3.63) is 52.5 Å². The van der Waals surface area contributed by atoms with Gasteiger partial charge < -0.3 is 18.9 Å². The molecule has 0 aliphatic rings. The monoisotopic (exact) mass is 380 g/mol. The fourth-order valence-electron chi connectivity index (χ4n) is 1.94. The molecule has 6 heteroatoms. The number of esters is 1. The lowest BCUT2D eigenvalue weighted by Crippen LogP contribution is -2.15. The molecule has 0 saturated carbocycles. The average molecular weight is 381 g/mol. The zero-order chi connectivity index (χ0) is 16.7. The van der Waals surface area contributed by atoms with Gasteiger partial charge in [0.25, 0.3) is 0 Å². The van der Waals surface area contributed by atoms with Crippen LogP contribution in [0, 0.1) is 0 Å². The van der Waals surface area contributed by atoms with Crippen molar-refractivity contribution in [3.63, 3.8) is 0 Å². The molecule has 0 radical (unpaired) electrons. The molecule has 0 aliphatic heterocycles. The molecule has 0 spiro atoms. The van der Waals surface area contributed by atoms with E-state index in [1.54, 1.807) is 32.4 Å². The molecular weight excluding hydrogens is 364 g/mol. The van der Waals surface area contributed by atoms with Crippen molar-refractivity contribution in [1.29, 1.82) is 0 Å². The predicted molar refractivity (Wildman–Crippen MR) is 89.0 cm³/mol. The number of methoxy groups -OCH3 is 2. The lowest BCUT2D eigenvalue weighted by molar-refractivity contribution is -0.147. The van der Waals surface area contributed by atoms with Gasteiger partial charge in [-0.15, -0.1) is 0 Å². The van der Waals surface area contributed by atoms with Gasteiger partial charge in [0.1, 0.15) is 12.4 Å². The average Bonchev–Trinajstić information content (AvgIpc) is 2.58. The molecule has 0 N–H and O–H groups in total. The molecular formula is C17H17BrO5. The second-order valence-electron chi connectivity index (χ2n) is 4.56. The molecule has 5 nitrogen and oxygen atoms in total. The highest BCUT2D eigenvalue weighted by Crippen LogP contribution is 2.31. The summed E-state index contributed by atoms with van der Waals surface area (Å²) in [7, 11) is 3.10. The summed E-state index contributed by atoms with van der Waals surface area (Å²) in [6, 6.07) is 12.6. The Bertz CT molecular complexity index is 655. The molecule has 0 heterocycles. The summed E-state index contributed by atoms with van der Waals surface area (Å²) in [6.07, 6.45) is 0. The SMILES string of the molecule is COc1cccc(COC(=O)COc2ccc(Br)cc2)c1OC. The minimum atomic E-state index is -0.460. The van der Waals surface area contributed by atoms with Crippen LogP contribution in [0.4, 0.5) is 0 Å². The van der Waals surface area contributed by atoms with Gasteiger partial charge in [-0.25, -0.2) is 4.79 Å². The molecule has 2 aromatic carbocycles. The fraction of sp³-hybridized carbons (Fsp3) is 0.235. The van der Waals surface area contributed by atoms with E-state index in [2.05, 4.69) is 15.9 Å². The first-order chi connectivity index (χ1) is 11.1. The Morgan fingerprint density at radius 2 is 1.78 bits per heavy atom. The van der Waals surface area contributed by atoms with Crippen LogP contribution in [0.3, 0.4) is 0 Å². The number of benzene rings is 2. The molecule has 122 valence electrons. The molecule has 0 aromatic heterocycles. The number of hydrogen-bond donors (Lipinski definition) is 0. The Hall–Kier alpha value is -2.21. The Morgan fingerprint density at radius 1 is 1.04 bits per heavy atom. The number of carbonyl (C=O) groups is 1. The number of rotatable bonds is 7. The zero-order valence-corrected chi connectivity index (χ0v) is 14.5.